The van der Waals surface area contributed by atoms with Crippen molar-refractivity contribution in [2.75, 3.05) is 17.2 Å². The van der Waals surface area contributed by atoms with Crippen LogP contribution >= 0.6 is 0 Å². The van der Waals surface area contributed by atoms with E-state index in [4.69, 9.17) is 4.74 Å². The highest BCUT2D eigenvalue weighted by Gasteiger charge is 2.19. The number of nitrogens with zero attached hydrogens (tertiary/aromatic N) is 2. The molecule has 30 heavy (non-hydrogen) atoms. The summed E-state index contributed by atoms with van der Waals surface area (Å²) < 4.78 is 8.80. The molecule has 2 amide bonds. The molecule has 0 saturated carbocycles. The molecule has 154 valence electrons. The molecule has 4 rings (SSSR count). The maximum atomic E-state index is 12.9. The van der Waals surface area contributed by atoms with Gasteiger partial charge in [-0.15, -0.1) is 0 Å². The van der Waals surface area contributed by atoms with E-state index in [1.165, 1.54) is 4.68 Å². The van der Waals surface area contributed by atoms with Gasteiger partial charge < -0.3 is 15.4 Å². The van der Waals surface area contributed by atoms with Crippen LogP contribution in [0.25, 0.3) is 5.69 Å². The highest BCUT2D eigenvalue weighted by atomic mass is 16.5. The van der Waals surface area contributed by atoms with Crippen molar-refractivity contribution >= 4 is 23.2 Å². The first-order valence-corrected chi connectivity index (χ1v) is 9.63. The molecule has 0 aliphatic carbocycles. The second-order valence-corrected chi connectivity index (χ2v) is 7.14. The third kappa shape index (κ3) is 3.71. The Bertz CT molecular complexity index is 1180. The van der Waals surface area contributed by atoms with Gasteiger partial charge in [0.05, 0.1) is 11.4 Å². The van der Waals surface area contributed by atoms with Crippen molar-refractivity contribution in [3.8, 4) is 11.4 Å². The van der Waals surface area contributed by atoms with E-state index in [0.29, 0.717) is 30.0 Å². The third-order valence-electron chi connectivity index (χ3n) is 5.16. The summed E-state index contributed by atoms with van der Waals surface area (Å²) in [6.45, 7) is 1.54. The van der Waals surface area contributed by atoms with E-state index < -0.39 is 5.91 Å². The first-order valence-electron chi connectivity index (χ1n) is 9.63. The van der Waals surface area contributed by atoms with Gasteiger partial charge in [-0.05, 0) is 49.2 Å². The predicted molar refractivity (Wildman–Crippen MR) is 113 cm³/mol. The number of aromatic nitrogens is 2. The number of aryl methyl sites for hydroxylation is 1. The van der Waals surface area contributed by atoms with Gasteiger partial charge in [0.25, 0.3) is 11.5 Å². The van der Waals surface area contributed by atoms with E-state index in [1.54, 1.807) is 30.8 Å². The van der Waals surface area contributed by atoms with Crippen molar-refractivity contribution in [1.82, 2.24) is 9.36 Å². The number of carbonyl (C=O) groups excluding carboxylic acids is 2. The Balaban J connectivity index is 1.46. The van der Waals surface area contributed by atoms with E-state index in [-0.39, 0.29) is 23.8 Å². The van der Waals surface area contributed by atoms with Gasteiger partial charge in [-0.2, -0.15) is 0 Å². The molecule has 0 spiro atoms. The monoisotopic (exact) mass is 406 g/mol. The van der Waals surface area contributed by atoms with Crippen LogP contribution in [0.1, 0.15) is 17.7 Å². The zero-order chi connectivity index (χ0) is 21.3. The molecule has 0 bridgehead atoms. The zero-order valence-corrected chi connectivity index (χ0v) is 16.8. The van der Waals surface area contributed by atoms with Crippen LogP contribution < -0.4 is 20.9 Å². The van der Waals surface area contributed by atoms with Crippen molar-refractivity contribution in [2.24, 2.45) is 7.05 Å². The van der Waals surface area contributed by atoms with Crippen LogP contribution in [-0.2, 0) is 23.1 Å². The van der Waals surface area contributed by atoms with Gasteiger partial charge in [0.1, 0.15) is 11.4 Å². The summed E-state index contributed by atoms with van der Waals surface area (Å²) in [5.74, 6) is 0.105. The maximum Gasteiger partial charge on any atom is 0.295 e. The number of anilines is 2. The number of nitrogens with one attached hydrogen (secondary N) is 2. The molecular weight excluding hydrogens is 384 g/mol. The number of rotatable bonds is 5. The highest BCUT2D eigenvalue weighted by molar-refractivity contribution is 5.94. The molecule has 8 nitrogen and oxygen atoms in total. The first-order chi connectivity index (χ1) is 14.4. The molecule has 2 N–H and O–H groups in total. The van der Waals surface area contributed by atoms with Crippen molar-refractivity contribution in [1.29, 1.82) is 0 Å². The Morgan fingerprint density at radius 3 is 2.67 bits per heavy atom. The van der Waals surface area contributed by atoms with Crippen LogP contribution in [0.4, 0.5) is 11.4 Å². The van der Waals surface area contributed by atoms with Crippen LogP contribution in [-0.4, -0.2) is 27.8 Å². The van der Waals surface area contributed by atoms with Gasteiger partial charge in [-0.1, -0.05) is 18.2 Å². The molecule has 0 unspecified atom stereocenters. The standard InChI is InChI=1S/C22H22N4O4/c1-14-21(22(29)26(25(14)2)16-6-4-3-5-7-16)24-20(28)13-30-17-9-10-18-15(12-17)8-11-19(27)23-18/h3-7,9-10,12H,8,11,13H2,1-2H3,(H,23,27)(H,24,28). The molecule has 1 aliphatic rings. The van der Waals surface area contributed by atoms with Crippen LogP contribution in [0, 0.1) is 6.92 Å². The lowest BCUT2D eigenvalue weighted by Crippen LogP contribution is -2.25. The van der Waals surface area contributed by atoms with Crippen LogP contribution in [0.3, 0.4) is 0 Å². The minimum atomic E-state index is -0.424. The normalized spacial score (nSPS) is 12.8. The molecule has 8 heteroatoms. The lowest BCUT2D eigenvalue weighted by atomic mass is 10.0. The lowest BCUT2D eigenvalue weighted by Gasteiger charge is -2.17. The lowest BCUT2D eigenvalue weighted by molar-refractivity contribution is -0.118. The Hall–Kier alpha value is -3.81. The Labute approximate surface area is 173 Å². The molecule has 0 radical (unpaired) electrons. The number of hydrogen-bond donors (Lipinski definition) is 2. The third-order valence-corrected chi connectivity index (χ3v) is 5.16. The highest BCUT2D eigenvalue weighted by Crippen LogP contribution is 2.26. The molecule has 0 fully saturated rings. The summed E-state index contributed by atoms with van der Waals surface area (Å²) >= 11 is 0. The number of amides is 2. The van der Waals surface area contributed by atoms with Gasteiger partial charge in [0.2, 0.25) is 5.91 Å². The van der Waals surface area contributed by atoms with E-state index in [2.05, 4.69) is 10.6 Å². The molecule has 1 aliphatic heterocycles. The van der Waals surface area contributed by atoms with Crippen molar-refractivity contribution in [2.45, 2.75) is 19.8 Å². The van der Waals surface area contributed by atoms with Crippen molar-refractivity contribution in [3.05, 3.63) is 70.1 Å². The van der Waals surface area contributed by atoms with E-state index in [0.717, 1.165) is 11.3 Å². The molecular formula is C22H22N4O4. The van der Waals surface area contributed by atoms with Crippen LogP contribution in [0.15, 0.2) is 53.3 Å². The second-order valence-electron chi connectivity index (χ2n) is 7.14. The van der Waals surface area contributed by atoms with Crippen LogP contribution in [0.2, 0.25) is 0 Å². The molecule has 1 aromatic heterocycles. The molecule has 2 aromatic carbocycles. The number of hydrogen-bond acceptors (Lipinski definition) is 4. The van der Waals surface area contributed by atoms with E-state index in [9.17, 15) is 14.4 Å². The fourth-order valence-electron chi connectivity index (χ4n) is 3.49. The fourth-order valence-corrected chi connectivity index (χ4v) is 3.49. The topological polar surface area (TPSA) is 94.4 Å². The smallest absolute Gasteiger partial charge is 0.295 e. The zero-order valence-electron chi connectivity index (χ0n) is 16.8. The Morgan fingerprint density at radius 1 is 1.13 bits per heavy atom. The average molecular weight is 406 g/mol. The quantitative estimate of drug-likeness (QED) is 0.680. The van der Waals surface area contributed by atoms with Gasteiger partial charge in [-0.25, -0.2) is 4.68 Å². The van der Waals surface area contributed by atoms with Crippen molar-refractivity contribution in [3.63, 3.8) is 0 Å². The summed E-state index contributed by atoms with van der Waals surface area (Å²) in [5.41, 5.74) is 3.01. The molecule has 3 aromatic rings. The SMILES string of the molecule is Cc1c(NC(=O)COc2ccc3c(c2)CCC(=O)N3)c(=O)n(-c2ccccc2)n1C. The summed E-state index contributed by atoms with van der Waals surface area (Å²) in [6.07, 6.45) is 1.06. The van der Waals surface area contributed by atoms with Gasteiger partial charge in [-0.3, -0.25) is 19.1 Å². The van der Waals surface area contributed by atoms with E-state index in [1.807, 2.05) is 36.4 Å². The largest absolute Gasteiger partial charge is 0.484 e. The fraction of sp³-hybridized carbons (Fsp3) is 0.227. The Morgan fingerprint density at radius 2 is 1.90 bits per heavy atom. The molecule has 0 atom stereocenters. The number of ether oxygens (including phenoxy) is 1. The van der Waals surface area contributed by atoms with E-state index >= 15 is 0 Å². The summed E-state index contributed by atoms with van der Waals surface area (Å²) in [5, 5.41) is 5.48. The second kappa shape index (κ2) is 7.90. The number of para-hydroxylation sites is 1. The summed E-state index contributed by atoms with van der Waals surface area (Å²) in [4.78, 5) is 36.7. The predicted octanol–water partition coefficient (Wildman–Crippen LogP) is 2.39. The first kappa shape index (κ1) is 19.5. The van der Waals surface area contributed by atoms with Crippen molar-refractivity contribution < 1.29 is 14.3 Å². The minimum Gasteiger partial charge on any atom is -0.484 e. The maximum absolute atomic E-state index is 12.9. The number of benzene rings is 2. The summed E-state index contributed by atoms with van der Waals surface area (Å²) in [7, 11) is 1.77. The Kier molecular flexibility index (Phi) is 5.14. The van der Waals surface area contributed by atoms with Gasteiger partial charge in [0, 0.05) is 19.2 Å². The average Bonchev–Trinajstić information content (AvgIpc) is 2.96. The van der Waals surface area contributed by atoms with Gasteiger partial charge >= 0.3 is 0 Å². The molecule has 0 saturated heterocycles. The van der Waals surface area contributed by atoms with Crippen LogP contribution in [0.5, 0.6) is 5.75 Å². The summed E-state index contributed by atoms with van der Waals surface area (Å²) in [6, 6.07) is 14.5. The molecule has 2 heterocycles. The number of carbonyl (C=O) groups is 2. The minimum absolute atomic E-state index is 0.00469. The van der Waals surface area contributed by atoms with Gasteiger partial charge in [0.15, 0.2) is 6.61 Å². The number of fused-ring (bicyclic) bond motifs is 1.